The molecule has 0 bridgehead atoms. The maximum absolute atomic E-state index is 7.55. The maximum Gasteiger partial charge on any atom is 0.140 e. The van der Waals surface area contributed by atoms with Gasteiger partial charge < -0.3 is 19.3 Å². The smallest absolute Gasteiger partial charge is 0.140 e. The van der Waals surface area contributed by atoms with Crippen LogP contribution >= 0.6 is 0 Å². The summed E-state index contributed by atoms with van der Waals surface area (Å²) in [5.41, 5.74) is 30.1. The van der Waals surface area contributed by atoms with Crippen molar-refractivity contribution in [2.75, 3.05) is 9.80 Å². The summed E-state index contributed by atoms with van der Waals surface area (Å²) < 4.78 is 14.4. The topological polar surface area (TPSA) is 24.9 Å². The minimum Gasteiger partial charge on any atom is -0.457 e. The average molecular weight is 1300 g/mol. The van der Waals surface area contributed by atoms with Gasteiger partial charge in [-0.05, 0) is 162 Å². The fourth-order valence-corrected chi connectivity index (χ4v) is 17.4. The predicted molar refractivity (Wildman–Crippen MR) is 418 cm³/mol. The quantitative estimate of drug-likeness (QED) is 0.129. The molecule has 2 aliphatic carbocycles. The summed E-state index contributed by atoms with van der Waals surface area (Å²) in [6.07, 6.45) is 0. The number of ether oxygens (including phenoxy) is 2. The number of hydrogen-bond acceptors (Lipinski definition) is 4. The van der Waals surface area contributed by atoms with Gasteiger partial charge in [-0.2, -0.15) is 0 Å². The molecule has 2 aliphatic heterocycles. The van der Waals surface area contributed by atoms with Crippen LogP contribution in [-0.2, 0) is 10.8 Å². The number of hydrogen-bond donors (Lipinski definition) is 0. The van der Waals surface area contributed by atoms with E-state index in [4.69, 9.17) is 9.47 Å². The molecular formula is C98H64N2O2. The first kappa shape index (κ1) is 58.8. The highest BCUT2D eigenvalue weighted by molar-refractivity contribution is 6.02. The number of anilines is 6. The fourth-order valence-electron chi connectivity index (χ4n) is 17.4. The maximum atomic E-state index is 7.55. The van der Waals surface area contributed by atoms with Crippen molar-refractivity contribution in [3.63, 3.8) is 0 Å². The molecular weight excluding hydrogens is 1240 g/mol. The van der Waals surface area contributed by atoms with Crippen LogP contribution in [0.3, 0.4) is 0 Å². The number of para-hydroxylation sites is 6. The van der Waals surface area contributed by atoms with E-state index in [0.29, 0.717) is 0 Å². The second-order valence-corrected chi connectivity index (χ2v) is 26.9. The van der Waals surface area contributed by atoms with Crippen LogP contribution < -0.4 is 19.3 Å². The molecule has 102 heavy (non-hydrogen) atoms. The van der Waals surface area contributed by atoms with Crippen molar-refractivity contribution < 1.29 is 9.47 Å². The summed E-state index contributed by atoms with van der Waals surface area (Å²) in [6, 6.07) is 142. The van der Waals surface area contributed by atoms with Gasteiger partial charge in [0, 0.05) is 61.7 Å². The summed E-state index contributed by atoms with van der Waals surface area (Å²) in [7, 11) is 0. The summed E-state index contributed by atoms with van der Waals surface area (Å²) in [4.78, 5) is 4.94. The van der Waals surface area contributed by atoms with Crippen LogP contribution in [0.15, 0.2) is 388 Å². The third-order valence-corrected chi connectivity index (χ3v) is 21.6. The van der Waals surface area contributed by atoms with E-state index in [1.807, 2.05) is 0 Å². The van der Waals surface area contributed by atoms with Crippen LogP contribution in [0.25, 0.3) is 77.9 Å². The average Bonchev–Trinajstić information content (AvgIpc) is 1.49. The van der Waals surface area contributed by atoms with Gasteiger partial charge in [-0.15, -0.1) is 0 Å². The zero-order valence-corrected chi connectivity index (χ0v) is 55.7. The number of benzene rings is 16. The highest BCUT2D eigenvalue weighted by Gasteiger charge is 2.54. The normalized spacial score (nSPS) is 14.2. The molecule has 1 atom stereocenters. The van der Waals surface area contributed by atoms with Crippen LogP contribution in [0.2, 0.25) is 0 Å². The molecule has 2 spiro atoms. The standard InChI is InChI=1S/C98H64N2O2/c1-4-28-65(29-5-1)66-56-58-68(59-57-66)77-40-14-20-51-90(77)100(71-34-8-3-9-35-71)91-52-27-49-87-95(91)81-42-13-16-45-83(81)98(87)86-48-19-23-55-94(86)102-96-78(43-26-50-88(96)98)70-33-25-37-73(63-70)99(72-36-24-32-69(62-72)76-39-11-10-38-75(76)67-30-6-2-7-31-67)74-60-61-80-79-41-12-15-44-82(79)97(89(80)64-74)84-46-17-21-53-92(84)101-93-54-22-18-47-85(93)97/h1-64H. The van der Waals surface area contributed by atoms with Gasteiger partial charge in [0.25, 0.3) is 0 Å². The fraction of sp³-hybridized carbons (Fsp3) is 0.0204. The van der Waals surface area contributed by atoms with E-state index in [9.17, 15) is 0 Å². The zero-order valence-electron chi connectivity index (χ0n) is 55.7. The summed E-state index contributed by atoms with van der Waals surface area (Å²) >= 11 is 0. The molecule has 20 rings (SSSR count). The van der Waals surface area contributed by atoms with Crippen LogP contribution in [0.5, 0.6) is 23.0 Å². The SMILES string of the molecule is c1ccc(-c2ccc(-c3ccccc3N(c3ccccc3)c3cccc4c3-c3ccccc3C43c4ccccc4Oc4c(-c5cccc(N(c6cccc(-c7ccccc7-c7ccccc7)c6)c6ccc7c(c6)C6(c8ccccc8Oc8ccccc86)c6ccccc6-7)c5)cccc43)cc2)cc1. The van der Waals surface area contributed by atoms with Crippen LogP contribution in [0.4, 0.5) is 34.1 Å². The third kappa shape index (κ3) is 8.96. The van der Waals surface area contributed by atoms with Crippen molar-refractivity contribution in [3.8, 4) is 101 Å². The van der Waals surface area contributed by atoms with Gasteiger partial charge >= 0.3 is 0 Å². The molecule has 0 N–H and O–H groups in total. The van der Waals surface area contributed by atoms with Gasteiger partial charge in [-0.25, -0.2) is 0 Å². The summed E-state index contributed by atoms with van der Waals surface area (Å²) in [5, 5.41) is 0. The molecule has 4 aliphatic rings. The number of fused-ring (bicyclic) bond motifs is 18. The Morgan fingerprint density at radius 2 is 0.569 bits per heavy atom. The minimum absolute atomic E-state index is 0.678. The Bertz CT molecular complexity index is 5940. The summed E-state index contributed by atoms with van der Waals surface area (Å²) in [5.74, 6) is 3.37. The molecule has 0 fully saturated rings. The van der Waals surface area contributed by atoms with E-state index in [-0.39, 0.29) is 0 Å². The highest BCUT2D eigenvalue weighted by Crippen LogP contribution is 2.67. The van der Waals surface area contributed by atoms with E-state index in [1.165, 1.54) is 66.8 Å². The summed E-state index contributed by atoms with van der Waals surface area (Å²) in [6.45, 7) is 0. The van der Waals surface area contributed by atoms with Crippen molar-refractivity contribution in [2.24, 2.45) is 0 Å². The van der Waals surface area contributed by atoms with Crippen LogP contribution in [0, 0.1) is 0 Å². The monoisotopic (exact) mass is 1300 g/mol. The Kier molecular flexibility index (Phi) is 13.7. The Morgan fingerprint density at radius 3 is 1.23 bits per heavy atom. The van der Waals surface area contributed by atoms with Crippen molar-refractivity contribution in [1.29, 1.82) is 0 Å². The van der Waals surface area contributed by atoms with E-state index < -0.39 is 10.8 Å². The van der Waals surface area contributed by atoms with E-state index in [1.54, 1.807) is 0 Å². The Balaban J connectivity index is 0.777. The second kappa shape index (κ2) is 23.7. The van der Waals surface area contributed by atoms with Gasteiger partial charge in [0.1, 0.15) is 23.0 Å². The number of nitrogens with zero attached hydrogens (tertiary/aromatic N) is 2. The van der Waals surface area contributed by atoms with E-state index >= 15 is 0 Å². The van der Waals surface area contributed by atoms with Crippen molar-refractivity contribution in [1.82, 2.24) is 0 Å². The van der Waals surface area contributed by atoms with Crippen molar-refractivity contribution in [3.05, 3.63) is 433 Å². The van der Waals surface area contributed by atoms with Gasteiger partial charge in [0.05, 0.1) is 22.2 Å². The molecule has 4 nitrogen and oxygen atoms in total. The van der Waals surface area contributed by atoms with Crippen molar-refractivity contribution >= 4 is 34.1 Å². The van der Waals surface area contributed by atoms with Gasteiger partial charge in [-0.3, -0.25) is 0 Å². The largest absolute Gasteiger partial charge is 0.457 e. The molecule has 0 saturated carbocycles. The first-order valence-electron chi connectivity index (χ1n) is 35.1. The lowest BCUT2D eigenvalue weighted by molar-refractivity contribution is 0.436. The van der Waals surface area contributed by atoms with E-state index in [0.717, 1.165) is 113 Å². The Morgan fingerprint density at radius 1 is 0.186 bits per heavy atom. The molecule has 0 radical (unpaired) electrons. The highest BCUT2D eigenvalue weighted by atomic mass is 16.5. The number of rotatable bonds is 11. The molecule has 2 heterocycles. The van der Waals surface area contributed by atoms with Crippen LogP contribution in [-0.4, -0.2) is 0 Å². The van der Waals surface area contributed by atoms with Gasteiger partial charge in [-0.1, -0.05) is 309 Å². The first-order chi connectivity index (χ1) is 50.6. The predicted octanol–water partition coefficient (Wildman–Crippen LogP) is 25.9. The van der Waals surface area contributed by atoms with Gasteiger partial charge in [0.15, 0.2) is 0 Å². The lowest BCUT2D eigenvalue weighted by Gasteiger charge is -2.40. The Hall–Kier alpha value is -13.3. The molecule has 16 aromatic rings. The van der Waals surface area contributed by atoms with Crippen LogP contribution in [0.1, 0.15) is 44.5 Å². The second-order valence-electron chi connectivity index (χ2n) is 26.9. The van der Waals surface area contributed by atoms with E-state index in [2.05, 4.69) is 398 Å². The molecule has 1 unspecified atom stereocenters. The molecule has 0 aromatic heterocycles. The molecule has 16 aromatic carbocycles. The van der Waals surface area contributed by atoms with Gasteiger partial charge in [0.2, 0.25) is 0 Å². The minimum atomic E-state index is -0.795. The third-order valence-electron chi connectivity index (χ3n) is 21.6. The lowest BCUT2D eigenvalue weighted by atomic mass is 9.65. The Labute approximate surface area is 594 Å². The van der Waals surface area contributed by atoms with Crippen molar-refractivity contribution in [2.45, 2.75) is 10.8 Å². The first-order valence-corrected chi connectivity index (χ1v) is 35.1. The zero-order chi connectivity index (χ0) is 67.3. The molecule has 0 amide bonds. The molecule has 4 heteroatoms. The lowest BCUT2D eigenvalue weighted by Crippen LogP contribution is -2.32. The molecule has 0 saturated heterocycles. The molecule has 478 valence electrons.